The lowest BCUT2D eigenvalue weighted by Gasteiger charge is -2.25. The fourth-order valence-electron chi connectivity index (χ4n) is 2.20. The van der Waals surface area contributed by atoms with Crippen molar-refractivity contribution >= 4 is 31.3 Å². The average Bonchev–Trinajstić information content (AvgIpc) is 2.73. The molecule has 0 saturated heterocycles. The van der Waals surface area contributed by atoms with Crippen LogP contribution in [0.5, 0.6) is 0 Å². The van der Waals surface area contributed by atoms with Crippen LogP contribution in [0.4, 0.5) is 0 Å². The molecule has 0 fully saturated rings. The quantitative estimate of drug-likeness (QED) is 0.630. The van der Waals surface area contributed by atoms with Crippen LogP contribution >= 0.6 is 23.2 Å². The highest BCUT2D eigenvalue weighted by Crippen LogP contribution is 2.38. The predicted molar refractivity (Wildman–Crippen MR) is 70.8 cm³/mol. The summed E-state index contributed by atoms with van der Waals surface area (Å²) >= 11 is 12.5. The van der Waals surface area contributed by atoms with Gasteiger partial charge in [0.2, 0.25) is 0 Å². The van der Waals surface area contributed by atoms with E-state index < -0.39 is 8.07 Å². The highest BCUT2D eigenvalue weighted by atomic mass is 35.5. The van der Waals surface area contributed by atoms with Gasteiger partial charge >= 0.3 is 0 Å². The van der Waals surface area contributed by atoms with E-state index in [1.54, 1.807) is 0 Å². The molecule has 2 aliphatic carbocycles. The van der Waals surface area contributed by atoms with Gasteiger partial charge in [0.1, 0.15) is 8.07 Å². The molecule has 0 radical (unpaired) electrons. The molecule has 0 N–H and O–H groups in total. The second-order valence-corrected chi connectivity index (χ2v) is 9.71. The Hall–Kier alpha value is -0.243. The van der Waals surface area contributed by atoms with Crippen molar-refractivity contribution in [3.63, 3.8) is 0 Å². The van der Waals surface area contributed by atoms with Crippen LogP contribution in [0, 0.1) is 0 Å². The highest BCUT2D eigenvalue weighted by Gasteiger charge is 2.34. The van der Waals surface area contributed by atoms with E-state index in [-0.39, 0.29) is 0 Å². The fourth-order valence-corrected chi connectivity index (χ4v) is 6.84. The van der Waals surface area contributed by atoms with Crippen molar-refractivity contribution in [1.29, 1.82) is 0 Å². The minimum absolute atomic E-state index is 0.891. The molecule has 80 valence electrons. The molecule has 0 nitrogen and oxygen atoms in total. The molecule has 0 spiro atoms. The molecule has 0 saturated carbocycles. The molecule has 15 heavy (non-hydrogen) atoms. The van der Waals surface area contributed by atoms with Gasteiger partial charge in [-0.3, -0.25) is 0 Å². The van der Waals surface area contributed by atoms with Crippen molar-refractivity contribution < 1.29 is 0 Å². The minimum atomic E-state index is -1.64. The molecule has 0 unspecified atom stereocenters. The monoisotopic (exact) mass is 256 g/mol. The molecular weight excluding hydrogens is 243 g/mol. The lowest BCUT2D eigenvalue weighted by Crippen LogP contribution is -2.31. The van der Waals surface area contributed by atoms with Gasteiger partial charge in [0.25, 0.3) is 0 Å². The Morgan fingerprint density at radius 2 is 1.33 bits per heavy atom. The van der Waals surface area contributed by atoms with E-state index in [0.29, 0.717) is 0 Å². The molecule has 0 atom stereocenters. The molecule has 2 rings (SSSR count). The number of hydrogen-bond acceptors (Lipinski definition) is 0. The van der Waals surface area contributed by atoms with Crippen LogP contribution < -0.4 is 0 Å². The van der Waals surface area contributed by atoms with E-state index in [1.165, 1.54) is 10.4 Å². The first kappa shape index (κ1) is 11.2. The number of hydrogen-bond donors (Lipinski definition) is 0. The first-order valence-electron chi connectivity index (χ1n) is 5.15. The summed E-state index contributed by atoms with van der Waals surface area (Å²) in [5, 5.41) is 4.68. The molecule has 3 heteroatoms. The molecular formula is C12H14Cl2Si. The zero-order valence-electron chi connectivity index (χ0n) is 8.98. The highest BCUT2D eigenvalue weighted by molar-refractivity contribution is 6.93. The van der Waals surface area contributed by atoms with Gasteiger partial charge in [0, 0.05) is 22.9 Å². The van der Waals surface area contributed by atoms with E-state index in [9.17, 15) is 0 Å². The second kappa shape index (κ2) is 3.97. The van der Waals surface area contributed by atoms with Crippen LogP contribution in [-0.4, -0.2) is 8.07 Å². The summed E-state index contributed by atoms with van der Waals surface area (Å²) in [7, 11) is -1.64. The minimum Gasteiger partial charge on any atom is -0.0889 e. The summed E-state index contributed by atoms with van der Waals surface area (Å²) in [4.78, 5) is 0. The van der Waals surface area contributed by atoms with Gasteiger partial charge in [-0.05, 0) is 10.4 Å². The summed E-state index contributed by atoms with van der Waals surface area (Å²) < 4.78 is 0. The van der Waals surface area contributed by atoms with E-state index >= 15 is 0 Å². The molecule has 2 aliphatic rings. The maximum absolute atomic E-state index is 6.25. The standard InChI is InChI=1S/C12H14Cl2Si/c1-15(2,11-7-3-5-9(11)13)12-8-4-6-10(12)14/h3-4,7-8H,5-6H2,1-2H3. The molecule has 0 aliphatic heterocycles. The zero-order chi connectivity index (χ0) is 11.1. The topological polar surface area (TPSA) is 0 Å². The van der Waals surface area contributed by atoms with Crippen molar-refractivity contribution in [3.05, 3.63) is 44.8 Å². The molecule has 0 aromatic carbocycles. The van der Waals surface area contributed by atoms with Crippen LogP contribution in [0.2, 0.25) is 13.1 Å². The maximum atomic E-state index is 6.25. The number of allylic oxidation sites excluding steroid dienone is 8. The van der Waals surface area contributed by atoms with Gasteiger partial charge in [0.15, 0.2) is 0 Å². The van der Waals surface area contributed by atoms with Gasteiger partial charge in [-0.1, -0.05) is 60.6 Å². The van der Waals surface area contributed by atoms with Gasteiger partial charge in [0.05, 0.1) is 0 Å². The predicted octanol–water partition coefficient (Wildman–Crippen LogP) is 4.68. The molecule has 0 bridgehead atoms. The zero-order valence-corrected chi connectivity index (χ0v) is 11.5. The number of rotatable bonds is 2. The summed E-state index contributed by atoms with van der Waals surface area (Å²) in [5.74, 6) is 0. The molecule has 0 heterocycles. The first-order valence-corrected chi connectivity index (χ1v) is 8.90. The molecule has 0 aromatic rings. The van der Waals surface area contributed by atoms with Crippen LogP contribution in [0.1, 0.15) is 12.8 Å². The maximum Gasteiger partial charge on any atom is 0.115 e. The normalized spacial score (nSPS) is 21.1. The third-order valence-electron chi connectivity index (χ3n) is 3.09. The Morgan fingerprint density at radius 3 is 1.60 bits per heavy atom. The van der Waals surface area contributed by atoms with Crippen molar-refractivity contribution in [2.75, 3.05) is 0 Å². The Morgan fingerprint density at radius 1 is 0.933 bits per heavy atom. The van der Waals surface area contributed by atoms with Gasteiger partial charge < -0.3 is 0 Å². The van der Waals surface area contributed by atoms with Gasteiger partial charge in [-0.2, -0.15) is 0 Å². The smallest absolute Gasteiger partial charge is 0.0889 e. The number of halogens is 2. The Kier molecular flexibility index (Phi) is 2.97. The third-order valence-corrected chi connectivity index (χ3v) is 7.76. The van der Waals surface area contributed by atoms with Crippen molar-refractivity contribution in [1.82, 2.24) is 0 Å². The third kappa shape index (κ3) is 1.89. The van der Waals surface area contributed by atoms with Crippen LogP contribution in [0.25, 0.3) is 0 Å². The second-order valence-electron chi connectivity index (χ2n) is 4.48. The van der Waals surface area contributed by atoms with E-state index in [0.717, 1.165) is 22.9 Å². The van der Waals surface area contributed by atoms with E-state index in [1.807, 2.05) is 0 Å². The summed E-state index contributed by atoms with van der Waals surface area (Å²) in [5.41, 5.74) is 0. The van der Waals surface area contributed by atoms with Crippen molar-refractivity contribution in [2.24, 2.45) is 0 Å². The molecule has 0 aromatic heterocycles. The lowest BCUT2D eigenvalue weighted by molar-refractivity contribution is 1.39. The largest absolute Gasteiger partial charge is 0.115 e. The Labute approximate surface area is 102 Å². The first-order chi connectivity index (χ1) is 7.03. The van der Waals surface area contributed by atoms with Crippen LogP contribution in [-0.2, 0) is 0 Å². The van der Waals surface area contributed by atoms with Crippen LogP contribution in [0.3, 0.4) is 0 Å². The van der Waals surface area contributed by atoms with Gasteiger partial charge in [-0.25, -0.2) is 0 Å². The Balaban J connectivity index is 2.43. The lowest BCUT2D eigenvalue weighted by atomic mass is 10.5. The summed E-state index contributed by atoms with van der Waals surface area (Å²) in [6.07, 6.45) is 10.4. The summed E-state index contributed by atoms with van der Waals surface area (Å²) in [6, 6.07) is 0. The Bertz CT molecular complexity index is 373. The van der Waals surface area contributed by atoms with E-state index in [2.05, 4.69) is 37.4 Å². The molecule has 0 amide bonds. The van der Waals surface area contributed by atoms with Crippen molar-refractivity contribution in [3.8, 4) is 0 Å². The SMILES string of the molecule is C[Si](C)(C1=C(Cl)CC=C1)C1=C(Cl)CC=C1. The van der Waals surface area contributed by atoms with Crippen LogP contribution in [0.15, 0.2) is 44.8 Å². The van der Waals surface area contributed by atoms with Crippen molar-refractivity contribution in [2.45, 2.75) is 25.9 Å². The van der Waals surface area contributed by atoms with Gasteiger partial charge in [-0.15, -0.1) is 0 Å². The summed E-state index contributed by atoms with van der Waals surface area (Å²) in [6.45, 7) is 4.63. The average molecular weight is 257 g/mol. The fraction of sp³-hybridized carbons (Fsp3) is 0.333. The van der Waals surface area contributed by atoms with E-state index in [4.69, 9.17) is 23.2 Å².